The lowest BCUT2D eigenvalue weighted by Gasteiger charge is -2.11. The quantitative estimate of drug-likeness (QED) is 0.668. The van der Waals surface area contributed by atoms with Crippen LogP contribution in [-0.4, -0.2) is 56.2 Å². The van der Waals surface area contributed by atoms with Crippen molar-refractivity contribution in [3.05, 3.63) is 17.9 Å². The molecule has 1 unspecified atom stereocenters. The van der Waals surface area contributed by atoms with Crippen molar-refractivity contribution in [2.24, 2.45) is 0 Å². The van der Waals surface area contributed by atoms with Crippen LogP contribution >= 0.6 is 0 Å². The van der Waals surface area contributed by atoms with Gasteiger partial charge >= 0.3 is 0 Å². The summed E-state index contributed by atoms with van der Waals surface area (Å²) in [5.41, 5.74) is 0. The summed E-state index contributed by atoms with van der Waals surface area (Å²) in [5.74, 6) is 0.974. The molecule has 0 radical (unpaired) electrons. The lowest BCUT2D eigenvalue weighted by molar-refractivity contribution is -0.121. The van der Waals surface area contributed by atoms with Gasteiger partial charge in [-0.1, -0.05) is 0 Å². The molecule has 0 bridgehead atoms. The molecule has 0 fully saturated rings. The number of hydrogen-bond acceptors (Lipinski definition) is 5. The molecule has 0 saturated carbocycles. The zero-order valence-electron chi connectivity index (χ0n) is 9.61. The van der Waals surface area contributed by atoms with Crippen molar-refractivity contribution in [2.75, 3.05) is 25.2 Å². The molecule has 7 nitrogen and oxygen atoms in total. The van der Waals surface area contributed by atoms with E-state index in [9.17, 15) is 4.79 Å². The average Bonchev–Trinajstić information content (AvgIpc) is 2.90. The molecule has 1 N–H and O–H groups in total. The van der Waals surface area contributed by atoms with Crippen LogP contribution in [-0.2, 0) is 22.2 Å². The minimum Gasteiger partial charge on any atom is -0.353 e. The summed E-state index contributed by atoms with van der Waals surface area (Å²) < 4.78 is 1.58. The van der Waals surface area contributed by atoms with Crippen LogP contribution in [0.4, 0.5) is 0 Å². The van der Waals surface area contributed by atoms with E-state index >= 15 is 0 Å². The zero-order chi connectivity index (χ0) is 12.1. The maximum Gasteiger partial charge on any atom is 0.239 e. The molecule has 92 valence electrons. The van der Waals surface area contributed by atoms with Gasteiger partial charge in [-0.25, -0.2) is 4.68 Å². The second-order valence-corrected chi connectivity index (χ2v) is 5.69. The third kappa shape index (κ3) is 3.74. The summed E-state index contributed by atoms with van der Waals surface area (Å²) in [5, 5.41) is 15.7. The van der Waals surface area contributed by atoms with E-state index in [0.717, 1.165) is 5.88 Å². The maximum atomic E-state index is 11.6. The molecule has 1 aliphatic heterocycles. The number of aromatic nitrogens is 4. The smallest absolute Gasteiger partial charge is 0.239 e. The van der Waals surface area contributed by atoms with E-state index in [1.807, 2.05) is 11.1 Å². The van der Waals surface area contributed by atoms with Crippen molar-refractivity contribution < 1.29 is 4.79 Å². The molecule has 8 heteroatoms. The first-order valence-electron chi connectivity index (χ1n) is 5.25. The monoisotopic (exact) mass is 255 g/mol. The Bertz CT molecular complexity index is 392. The Morgan fingerprint density at radius 2 is 2.47 bits per heavy atom. The molecule has 0 saturated heterocycles. The highest BCUT2D eigenvalue weighted by Crippen LogP contribution is 2.08. The zero-order valence-corrected chi connectivity index (χ0v) is 10.4. The Balaban J connectivity index is 1.63. The van der Waals surface area contributed by atoms with Crippen LogP contribution in [0.3, 0.4) is 0 Å². The summed E-state index contributed by atoms with van der Waals surface area (Å²) in [6, 6.07) is 0. The molecule has 0 aromatic carbocycles. The summed E-state index contributed by atoms with van der Waals surface area (Å²) in [4.78, 5) is 13.6. The first kappa shape index (κ1) is 11.9. The Hall–Kier alpha value is -1.57. The minimum absolute atomic E-state index is 0.0293. The molecule has 2 heterocycles. The highest BCUT2D eigenvalue weighted by atomic mass is 32.2. The van der Waals surface area contributed by atoms with Gasteiger partial charge in [-0.3, -0.25) is 4.79 Å². The average molecular weight is 255 g/mol. The topological polar surface area (TPSA) is 75.9 Å². The predicted molar refractivity (Wildman–Crippen MR) is 64.8 cm³/mol. The van der Waals surface area contributed by atoms with E-state index < -0.39 is 0 Å². The molecule has 1 aromatic rings. The van der Waals surface area contributed by atoms with Crippen molar-refractivity contribution in [2.45, 2.75) is 6.54 Å². The first-order chi connectivity index (χ1) is 8.24. The van der Waals surface area contributed by atoms with Crippen molar-refractivity contribution in [1.29, 1.82) is 0 Å². The highest BCUT2D eigenvalue weighted by Gasteiger charge is 2.20. The van der Waals surface area contributed by atoms with Crippen LogP contribution in [0.1, 0.15) is 0 Å². The van der Waals surface area contributed by atoms with Crippen molar-refractivity contribution in [3.63, 3.8) is 0 Å². The van der Waals surface area contributed by atoms with E-state index in [1.54, 1.807) is 4.68 Å². The molecule has 0 aliphatic carbocycles. The number of tetrazole rings is 1. The fourth-order valence-electron chi connectivity index (χ4n) is 1.47. The van der Waals surface area contributed by atoms with Crippen LogP contribution < -0.4 is 5.32 Å². The van der Waals surface area contributed by atoms with Crippen LogP contribution in [0, 0.1) is 0 Å². The van der Waals surface area contributed by atoms with Crippen LogP contribution in [0.5, 0.6) is 0 Å². The summed E-state index contributed by atoms with van der Waals surface area (Å²) >= 11 is 0. The van der Waals surface area contributed by atoms with Crippen molar-refractivity contribution >= 4 is 16.8 Å². The molecule has 1 aromatic heterocycles. The lowest BCUT2D eigenvalue weighted by atomic mass is 10.5. The van der Waals surface area contributed by atoms with Crippen molar-refractivity contribution in [3.8, 4) is 0 Å². The predicted octanol–water partition coefficient (Wildman–Crippen LogP) is -1.22. The SMILES string of the molecule is C[S+]1C=CN(CC(=O)NCCn2cnnn2)C1. The van der Waals surface area contributed by atoms with Gasteiger partial charge in [0.25, 0.3) is 0 Å². The maximum absolute atomic E-state index is 11.6. The lowest BCUT2D eigenvalue weighted by Crippen LogP contribution is -2.36. The van der Waals surface area contributed by atoms with Gasteiger partial charge < -0.3 is 10.2 Å². The summed E-state index contributed by atoms with van der Waals surface area (Å²) in [7, 11) is 0.285. The fourth-order valence-corrected chi connectivity index (χ4v) is 2.64. The molecule has 0 spiro atoms. The number of carbonyl (C=O) groups excluding carboxylic acids is 1. The van der Waals surface area contributed by atoms with Crippen LogP contribution in [0.2, 0.25) is 0 Å². The van der Waals surface area contributed by atoms with Gasteiger partial charge in [-0.2, -0.15) is 0 Å². The number of nitrogens with one attached hydrogen (secondary N) is 1. The molecule has 17 heavy (non-hydrogen) atoms. The molecule has 1 amide bonds. The van der Waals surface area contributed by atoms with Gasteiger partial charge in [0.15, 0.2) is 5.88 Å². The Labute approximate surface area is 102 Å². The molecule has 1 aliphatic rings. The molecule has 2 rings (SSSR count). The third-order valence-corrected chi connectivity index (χ3v) is 3.60. The van der Waals surface area contributed by atoms with Gasteiger partial charge in [0, 0.05) is 17.4 Å². The summed E-state index contributed by atoms with van der Waals surface area (Å²) in [6.45, 7) is 1.55. The van der Waals surface area contributed by atoms with Crippen LogP contribution in [0.15, 0.2) is 17.9 Å². The Morgan fingerprint density at radius 3 is 3.12 bits per heavy atom. The van der Waals surface area contributed by atoms with Gasteiger partial charge in [-0.05, 0) is 10.4 Å². The van der Waals surface area contributed by atoms with E-state index in [2.05, 4.69) is 32.5 Å². The Kier molecular flexibility index (Phi) is 3.97. The third-order valence-electron chi connectivity index (χ3n) is 2.27. The normalized spacial score (nSPS) is 18.6. The molecular weight excluding hydrogens is 240 g/mol. The number of hydrogen-bond donors (Lipinski definition) is 1. The number of rotatable bonds is 5. The molecular formula is C9H15N6OS+. The first-order valence-corrected chi connectivity index (χ1v) is 7.12. The minimum atomic E-state index is 0.0293. The summed E-state index contributed by atoms with van der Waals surface area (Å²) in [6.07, 6.45) is 5.67. The standard InChI is InChI=1S/C9H14N6OS/c1-17-5-4-14(8-17)6-9(16)10-2-3-15-7-11-12-13-15/h4-5,7H,2-3,6,8H2,1H3/p+1. The number of nitrogens with zero attached hydrogens (tertiary/aromatic N) is 5. The number of amides is 1. The van der Waals surface area contributed by atoms with Gasteiger partial charge in [0.1, 0.15) is 24.5 Å². The van der Waals surface area contributed by atoms with Crippen molar-refractivity contribution in [1.82, 2.24) is 30.4 Å². The van der Waals surface area contributed by atoms with Gasteiger partial charge in [0.05, 0.1) is 12.7 Å². The largest absolute Gasteiger partial charge is 0.353 e. The van der Waals surface area contributed by atoms with E-state index in [0.29, 0.717) is 19.6 Å². The second-order valence-electron chi connectivity index (χ2n) is 3.78. The fraction of sp³-hybridized carbons (Fsp3) is 0.556. The van der Waals surface area contributed by atoms with Gasteiger partial charge in [0.2, 0.25) is 5.91 Å². The van der Waals surface area contributed by atoms with Crippen LogP contribution in [0.25, 0.3) is 0 Å². The van der Waals surface area contributed by atoms with E-state index in [4.69, 9.17) is 0 Å². The van der Waals surface area contributed by atoms with E-state index in [1.165, 1.54) is 6.33 Å². The molecule has 1 atom stereocenters. The second kappa shape index (κ2) is 5.67. The van der Waals surface area contributed by atoms with Gasteiger partial charge in [-0.15, -0.1) is 5.10 Å². The number of carbonyl (C=O) groups is 1. The van der Waals surface area contributed by atoms with E-state index in [-0.39, 0.29) is 16.8 Å². The Morgan fingerprint density at radius 1 is 1.59 bits per heavy atom. The highest BCUT2D eigenvalue weighted by molar-refractivity contribution is 7.99.